The van der Waals surface area contributed by atoms with Gasteiger partial charge in [-0.05, 0) is 13.3 Å². The normalized spacial score (nSPS) is 40.6. The second-order valence-electron chi connectivity index (χ2n) is 3.45. The predicted molar refractivity (Wildman–Crippen MR) is 47.2 cm³/mol. The van der Waals surface area contributed by atoms with E-state index in [0.717, 1.165) is 6.42 Å². The molecule has 1 rings (SSSR count). The molecule has 4 heteroatoms. The Hall–Kier alpha value is -0.160. The highest BCUT2D eigenvalue weighted by atomic mass is 16.7. The van der Waals surface area contributed by atoms with Gasteiger partial charge in [-0.3, -0.25) is 0 Å². The van der Waals surface area contributed by atoms with Crippen molar-refractivity contribution >= 4 is 0 Å². The average molecular weight is 190 g/mol. The summed E-state index contributed by atoms with van der Waals surface area (Å²) in [6.45, 7) is 4.34. The summed E-state index contributed by atoms with van der Waals surface area (Å²) in [5.74, 6) is 0. The van der Waals surface area contributed by atoms with Gasteiger partial charge in [0.05, 0.1) is 12.2 Å². The van der Waals surface area contributed by atoms with Gasteiger partial charge in [-0.2, -0.15) is 0 Å². The number of rotatable bonds is 3. The molecule has 0 aliphatic carbocycles. The first-order chi connectivity index (χ1) is 6.15. The van der Waals surface area contributed by atoms with Crippen LogP contribution in [0.4, 0.5) is 0 Å². The molecule has 0 bridgehead atoms. The summed E-state index contributed by atoms with van der Waals surface area (Å²) in [6, 6.07) is 0. The van der Waals surface area contributed by atoms with Crippen LogP contribution in [0, 0.1) is 0 Å². The monoisotopic (exact) mass is 190 g/mol. The summed E-state index contributed by atoms with van der Waals surface area (Å²) in [6.07, 6.45) is -0.906. The molecule has 0 spiro atoms. The van der Waals surface area contributed by atoms with Gasteiger partial charge in [-0.1, -0.05) is 6.92 Å². The van der Waals surface area contributed by atoms with Crippen molar-refractivity contribution in [3.8, 4) is 0 Å². The average Bonchev–Trinajstić information content (AvgIpc) is 2.09. The summed E-state index contributed by atoms with van der Waals surface area (Å²) in [5, 5.41) is 18.8. The quantitative estimate of drug-likeness (QED) is 0.670. The van der Waals surface area contributed by atoms with E-state index < -0.39 is 18.5 Å². The Kier molecular flexibility index (Phi) is 4.12. The van der Waals surface area contributed by atoms with Gasteiger partial charge >= 0.3 is 0 Å². The van der Waals surface area contributed by atoms with Crippen molar-refractivity contribution in [2.45, 2.75) is 51.3 Å². The Balaban J connectivity index is 2.37. The fourth-order valence-electron chi connectivity index (χ4n) is 1.33. The predicted octanol–water partition coefficient (Wildman–Crippen LogP) is 0.270. The largest absolute Gasteiger partial charge is 0.390 e. The summed E-state index contributed by atoms with van der Waals surface area (Å²) >= 11 is 0. The molecule has 1 aliphatic heterocycles. The van der Waals surface area contributed by atoms with Crippen molar-refractivity contribution in [1.29, 1.82) is 0 Å². The first-order valence-electron chi connectivity index (χ1n) is 4.78. The van der Waals surface area contributed by atoms with Gasteiger partial charge < -0.3 is 19.7 Å². The van der Waals surface area contributed by atoms with Crippen molar-refractivity contribution < 1.29 is 19.7 Å². The van der Waals surface area contributed by atoms with Crippen LogP contribution in [0.15, 0.2) is 0 Å². The lowest BCUT2D eigenvalue weighted by Gasteiger charge is -2.35. The number of aliphatic hydroxyl groups is 2. The van der Waals surface area contributed by atoms with E-state index in [-0.39, 0.29) is 6.10 Å². The van der Waals surface area contributed by atoms with Crippen LogP contribution in [0.3, 0.4) is 0 Å². The van der Waals surface area contributed by atoms with Crippen molar-refractivity contribution in [2.75, 3.05) is 6.61 Å². The molecule has 13 heavy (non-hydrogen) atoms. The van der Waals surface area contributed by atoms with E-state index in [1.807, 2.05) is 6.92 Å². The molecule has 0 saturated carbocycles. The zero-order valence-electron chi connectivity index (χ0n) is 8.14. The fourth-order valence-corrected chi connectivity index (χ4v) is 1.33. The van der Waals surface area contributed by atoms with Crippen LogP contribution in [-0.2, 0) is 9.47 Å². The molecule has 1 aliphatic rings. The van der Waals surface area contributed by atoms with E-state index in [4.69, 9.17) is 9.47 Å². The smallest absolute Gasteiger partial charge is 0.183 e. The minimum absolute atomic E-state index is 0.259. The third-order valence-electron chi connectivity index (χ3n) is 2.17. The van der Waals surface area contributed by atoms with Crippen molar-refractivity contribution in [2.24, 2.45) is 0 Å². The Morgan fingerprint density at radius 3 is 2.69 bits per heavy atom. The van der Waals surface area contributed by atoms with Crippen molar-refractivity contribution in [1.82, 2.24) is 0 Å². The molecule has 0 unspecified atom stereocenters. The van der Waals surface area contributed by atoms with Gasteiger partial charge in [0.1, 0.15) is 6.10 Å². The van der Waals surface area contributed by atoms with Gasteiger partial charge in [0.15, 0.2) is 6.29 Å². The zero-order chi connectivity index (χ0) is 9.84. The maximum atomic E-state index is 9.47. The maximum absolute atomic E-state index is 9.47. The van der Waals surface area contributed by atoms with E-state index in [0.29, 0.717) is 13.0 Å². The minimum Gasteiger partial charge on any atom is -0.390 e. The van der Waals surface area contributed by atoms with E-state index in [2.05, 4.69) is 0 Å². The highest BCUT2D eigenvalue weighted by molar-refractivity contribution is 4.78. The molecule has 0 radical (unpaired) electrons. The lowest BCUT2D eigenvalue weighted by Crippen LogP contribution is -2.47. The van der Waals surface area contributed by atoms with Gasteiger partial charge in [0.2, 0.25) is 0 Å². The Bertz CT molecular complexity index is 151. The molecule has 2 N–H and O–H groups in total. The Morgan fingerprint density at radius 2 is 2.08 bits per heavy atom. The molecular formula is C9H18O4. The molecule has 1 saturated heterocycles. The molecule has 1 fully saturated rings. The molecule has 0 amide bonds. The lowest BCUT2D eigenvalue weighted by molar-refractivity contribution is -0.260. The molecule has 78 valence electrons. The Labute approximate surface area is 78.5 Å². The van der Waals surface area contributed by atoms with E-state index >= 15 is 0 Å². The molecule has 4 nitrogen and oxygen atoms in total. The first-order valence-corrected chi connectivity index (χ1v) is 4.78. The fraction of sp³-hybridized carbons (Fsp3) is 1.00. The SMILES string of the molecule is CCCO[C@H]1O[C@@H](C)[C@@H](O)C[C@@H]1O. The number of hydrogen-bond acceptors (Lipinski definition) is 4. The number of aliphatic hydroxyl groups excluding tert-OH is 2. The van der Waals surface area contributed by atoms with Crippen LogP contribution in [0.2, 0.25) is 0 Å². The molecule has 0 aromatic rings. The minimum atomic E-state index is -0.710. The van der Waals surface area contributed by atoms with Crippen molar-refractivity contribution in [3.63, 3.8) is 0 Å². The van der Waals surface area contributed by atoms with Crippen LogP contribution in [0.5, 0.6) is 0 Å². The maximum Gasteiger partial charge on any atom is 0.183 e. The molecular weight excluding hydrogens is 172 g/mol. The number of ether oxygens (including phenoxy) is 2. The third kappa shape index (κ3) is 2.91. The lowest BCUT2D eigenvalue weighted by atomic mass is 10.0. The third-order valence-corrected chi connectivity index (χ3v) is 2.17. The van der Waals surface area contributed by atoms with Gasteiger partial charge in [0, 0.05) is 13.0 Å². The Morgan fingerprint density at radius 1 is 1.38 bits per heavy atom. The van der Waals surface area contributed by atoms with E-state index in [1.54, 1.807) is 6.92 Å². The van der Waals surface area contributed by atoms with Crippen LogP contribution < -0.4 is 0 Å². The van der Waals surface area contributed by atoms with Gasteiger partial charge in [-0.15, -0.1) is 0 Å². The van der Waals surface area contributed by atoms with Crippen LogP contribution >= 0.6 is 0 Å². The summed E-state index contributed by atoms with van der Waals surface area (Å²) in [5.41, 5.74) is 0. The molecule has 4 atom stereocenters. The second kappa shape index (κ2) is 4.91. The van der Waals surface area contributed by atoms with Crippen LogP contribution in [-0.4, -0.2) is 41.4 Å². The molecule has 0 aromatic heterocycles. The topological polar surface area (TPSA) is 58.9 Å². The van der Waals surface area contributed by atoms with E-state index in [9.17, 15) is 10.2 Å². The van der Waals surface area contributed by atoms with Crippen LogP contribution in [0.1, 0.15) is 26.7 Å². The summed E-state index contributed by atoms with van der Waals surface area (Å²) < 4.78 is 10.6. The second-order valence-corrected chi connectivity index (χ2v) is 3.45. The first kappa shape index (κ1) is 10.9. The van der Waals surface area contributed by atoms with Crippen molar-refractivity contribution in [3.05, 3.63) is 0 Å². The highest BCUT2D eigenvalue weighted by Crippen LogP contribution is 2.20. The summed E-state index contributed by atoms with van der Waals surface area (Å²) in [4.78, 5) is 0. The standard InChI is InChI=1S/C9H18O4/c1-3-4-12-9-8(11)5-7(10)6(2)13-9/h6-11H,3-5H2,1-2H3/t6-,7-,8-,9-/m0/s1. The highest BCUT2D eigenvalue weighted by Gasteiger charge is 2.34. The number of hydrogen-bond donors (Lipinski definition) is 2. The van der Waals surface area contributed by atoms with Crippen LogP contribution in [0.25, 0.3) is 0 Å². The van der Waals surface area contributed by atoms with Gasteiger partial charge in [-0.25, -0.2) is 0 Å². The van der Waals surface area contributed by atoms with Gasteiger partial charge in [0.25, 0.3) is 0 Å². The molecule has 0 aromatic carbocycles. The molecule has 1 heterocycles. The van der Waals surface area contributed by atoms with E-state index in [1.165, 1.54) is 0 Å². The summed E-state index contributed by atoms with van der Waals surface area (Å²) in [7, 11) is 0. The zero-order valence-corrected chi connectivity index (χ0v) is 8.14.